The molecule has 0 spiro atoms. The van der Waals surface area contributed by atoms with Crippen molar-refractivity contribution in [3.63, 3.8) is 0 Å². The Balaban J connectivity index is -0.000000845. The van der Waals surface area contributed by atoms with Gasteiger partial charge in [0, 0.05) is 44.2 Å². The van der Waals surface area contributed by atoms with Gasteiger partial charge in [0.15, 0.2) is 0 Å². The van der Waals surface area contributed by atoms with E-state index in [4.69, 9.17) is 10.3 Å². The summed E-state index contributed by atoms with van der Waals surface area (Å²) in [6.07, 6.45) is 1.33. The molecule has 0 rings (SSSR count). The fraction of sp³-hybridized carbons (Fsp3) is 0.700. The van der Waals surface area contributed by atoms with Crippen LogP contribution in [0, 0.1) is 19.8 Å². The first-order valence-corrected chi connectivity index (χ1v) is 4.52. The summed E-state index contributed by atoms with van der Waals surface area (Å²) in [5.41, 5.74) is 7.52. The topological polar surface area (TPSA) is 75.1 Å². The molecule has 0 aromatic heterocycles. The molecule has 0 aliphatic rings. The van der Waals surface area contributed by atoms with Gasteiger partial charge >= 0.3 is 5.97 Å². The first-order valence-electron chi connectivity index (χ1n) is 4.52. The minimum absolute atomic E-state index is 0. The maximum Gasteiger partial charge on any atom is 0.308 e. The van der Waals surface area contributed by atoms with E-state index in [2.05, 4.69) is 16.9 Å². The zero-order valence-electron chi connectivity index (χ0n) is 10.3. The maximum atomic E-state index is 11.4. The van der Waals surface area contributed by atoms with Gasteiger partial charge in [0.25, 0.3) is 0 Å². The molecule has 0 amide bonds. The van der Waals surface area contributed by atoms with E-state index in [-0.39, 0.29) is 52.7 Å². The average Bonchev–Trinajstić information content (AvgIpc) is 2.13. The number of ether oxygens (including phenoxy) is 1. The van der Waals surface area contributed by atoms with Gasteiger partial charge in [-0.15, -0.1) is 0 Å². The van der Waals surface area contributed by atoms with Gasteiger partial charge in [-0.25, -0.2) is 0 Å². The van der Waals surface area contributed by atoms with Crippen molar-refractivity contribution < 1.29 is 42.2 Å². The van der Waals surface area contributed by atoms with Gasteiger partial charge in [-0.1, -0.05) is 5.11 Å². The van der Waals surface area contributed by atoms with Crippen LogP contribution in [0.15, 0.2) is 5.11 Å². The van der Waals surface area contributed by atoms with E-state index >= 15 is 0 Å². The Labute approximate surface area is 123 Å². The molecule has 5 nitrogen and oxygen atoms in total. The molecule has 0 N–H and O–H groups in total. The molecule has 0 saturated heterocycles. The standard InChI is InChI=1S/C9H16N3O2.CH3.Y/c1-4-14-8(13)9(2,3)6-5-7-11-12-10;;/h1,4-7H2,2-3H3;1H3;/q2*-1;. The van der Waals surface area contributed by atoms with Crippen molar-refractivity contribution >= 4 is 5.97 Å². The molecule has 0 aromatic rings. The van der Waals surface area contributed by atoms with Crippen LogP contribution in [-0.2, 0) is 42.2 Å². The number of rotatable bonds is 6. The average molecular weight is 302 g/mol. The van der Waals surface area contributed by atoms with Gasteiger partial charge in [-0.3, -0.25) is 4.79 Å². The Morgan fingerprint density at radius 2 is 2.12 bits per heavy atom. The number of carbonyl (C=O) groups excluding carboxylic acids is 1. The summed E-state index contributed by atoms with van der Waals surface area (Å²) in [6, 6.07) is 0. The Hall–Kier alpha value is -0.116. The number of nitrogens with zero attached hydrogens (tertiary/aromatic N) is 3. The predicted molar refractivity (Wildman–Crippen MR) is 59.8 cm³/mol. The Morgan fingerprint density at radius 1 is 1.56 bits per heavy atom. The van der Waals surface area contributed by atoms with Crippen LogP contribution in [0.3, 0.4) is 0 Å². The largest absolute Gasteiger partial charge is 0.498 e. The Morgan fingerprint density at radius 3 is 2.56 bits per heavy atom. The second-order valence-corrected chi connectivity index (χ2v) is 3.58. The fourth-order valence-corrected chi connectivity index (χ4v) is 1.03. The number of azide groups is 1. The molecule has 0 aliphatic carbocycles. The second-order valence-electron chi connectivity index (χ2n) is 3.58. The first kappa shape index (κ1) is 21.2. The van der Waals surface area contributed by atoms with Crippen LogP contribution in [0.5, 0.6) is 0 Å². The van der Waals surface area contributed by atoms with Crippen molar-refractivity contribution in [3.05, 3.63) is 24.8 Å². The minimum atomic E-state index is -0.525. The van der Waals surface area contributed by atoms with E-state index < -0.39 is 5.41 Å². The number of esters is 1. The third-order valence-corrected chi connectivity index (χ3v) is 1.91. The molecule has 0 saturated carbocycles. The van der Waals surface area contributed by atoms with E-state index in [1.807, 2.05) is 0 Å². The molecule has 0 unspecified atom stereocenters. The summed E-state index contributed by atoms with van der Waals surface area (Å²) in [5, 5.41) is 3.40. The SMILES string of the molecule is [CH2-]COC(=O)C(C)(C)CCCN=[N+]=[N-].[CH3-].[Y]. The van der Waals surface area contributed by atoms with Crippen LogP contribution < -0.4 is 0 Å². The van der Waals surface area contributed by atoms with E-state index in [0.29, 0.717) is 19.4 Å². The number of carbonyl (C=O) groups is 1. The van der Waals surface area contributed by atoms with Gasteiger partial charge in [0.2, 0.25) is 0 Å². The van der Waals surface area contributed by atoms with E-state index in [0.717, 1.165) is 0 Å². The fourth-order valence-electron chi connectivity index (χ4n) is 1.03. The molecule has 6 heteroatoms. The summed E-state index contributed by atoms with van der Waals surface area (Å²) in [5.74, 6) is -0.256. The van der Waals surface area contributed by atoms with E-state index in [1.54, 1.807) is 13.8 Å². The smallest absolute Gasteiger partial charge is 0.308 e. The Kier molecular flexibility index (Phi) is 15.1. The van der Waals surface area contributed by atoms with Crippen LogP contribution in [0.2, 0.25) is 0 Å². The van der Waals surface area contributed by atoms with Crippen molar-refractivity contribution in [2.45, 2.75) is 26.7 Å². The molecule has 0 atom stereocenters. The predicted octanol–water partition coefficient (Wildman–Crippen LogP) is 2.93. The monoisotopic (exact) mass is 302 g/mol. The summed E-state index contributed by atoms with van der Waals surface area (Å²) < 4.78 is 4.81. The summed E-state index contributed by atoms with van der Waals surface area (Å²) in [6.45, 7) is 7.62. The minimum Gasteiger partial charge on any atom is -0.498 e. The molecule has 1 radical (unpaired) electrons. The van der Waals surface area contributed by atoms with Crippen LogP contribution in [-0.4, -0.2) is 19.1 Å². The van der Waals surface area contributed by atoms with Crippen molar-refractivity contribution in [1.29, 1.82) is 0 Å². The van der Waals surface area contributed by atoms with Crippen LogP contribution in [0.25, 0.3) is 10.4 Å². The van der Waals surface area contributed by atoms with Crippen molar-refractivity contribution in [2.24, 2.45) is 10.5 Å². The van der Waals surface area contributed by atoms with Gasteiger partial charge in [0.1, 0.15) is 0 Å². The molecule has 0 heterocycles. The number of hydrogen-bond donors (Lipinski definition) is 0. The van der Waals surface area contributed by atoms with Crippen LogP contribution >= 0.6 is 0 Å². The molecule has 16 heavy (non-hydrogen) atoms. The maximum absolute atomic E-state index is 11.4. The molecule has 91 valence electrons. The van der Waals surface area contributed by atoms with Gasteiger partial charge in [-0.2, -0.15) is 0 Å². The quantitative estimate of drug-likeness (QED) is 0.189. The first-order chi connectivity index (χ1) is 6.54. The third-order valence-electron chi connectivity index (χ3n) is 1.91. The zero-order chi connectivity index (χ0) is 11.0. The molecule has 0 aliphatic heterocycles. The normalized spacial score (nSPS) is 9.19. The van der Waals surface area contributed by atoms with Crippen molar-refractivity contribution in [2.75, 3.05) is 13.2 Å². The molecular weight excluding hydrogens is 283 g/mol. The van der Waals surface area contributed by atoms with Gasteiger partial charge in [0.05, 0.1) is 5.41 Å². The van der Waals surface area contributed by atoms with E-state index in [9.17, 15) is 4.79 Å². The Bertz CT molecular complexity index is 238. The summed E-state index contributed by atoms with van der Waals surface area (Å²) >= 11 is 0. The summed E-state index contributed by atoms with van der Waals surface area (Å²) in [7, 11) is 0. The zero-order valence-corrected chi connectivity index (χ0v) is 13.1. The van der Waals surface area contributed by atoms with Crippen LogP contribution in [0.1, 0.15) is 26.7 Å². The van der Waals surface area contributed by atoms with Gasteiger partial charge < -0.3 is 19.1 Å². The van der Waals surface area contributed by atoms with Crippen molar-refractivity contribution in [1.82, 2.24) is 0 Å². The van der Waals surface area contributed by atoms with Crippen LogP contribution in [0.4, 0.5) is 0 Å². The third kappa shape index (κ3) is 9.13. The molecule has 0 bridgehead atoms. The number of hydrogen-bond acceptors (Lipinski definition) is 3. The summed E-state index contributed by atoms with van der Waals surface area (Å²) in [4.78, 5) is 14.0. The molecular formula is C10H19N3O2Y-2. The second kappa shape index (κ2) is 11.4. The van der Waals surface area contributed by atoms with E-state index in [1.165, 1.54) is 0 Å². The van der Waals surface area contributed by atoms with Crippen molar-refractivity contribution in [3.8, 4) is 0 Å². The molecule has 0 aromatic carbocycles. The van der Waals surface area contributed by atoms with Gasteiger partial charge in [-0.05, 0) is 38.8 Å². The molecule has 0 fully saturated rings.